The molecule has 1 atom stereocenters. The fourth-order valence-corrected chi connectivity index (χ4v) is 3.99. The van der Waals surface area contributed by atoms with E-state index in [0.29, 0.717) is 23.5 Å². The molecule has 126 valence electrons. The second kappa shape index (κ2) is 10.3. The van der Waals surface area contributed by atoms with Crippen LogP contribution < -0.4 is 4.52 Å². The van der Waals surface area contributed by atoms with Crippen LogP contribution in [0.1, 0.15) is 57.9 Å². The van der Waals surface area contributed by atoms with Crippen molar-refractivity contribution in [3.63, 3.8) is 0 Å². The van der Waals surface area contributed by atoms with Crippen LogP contribution in [0.4, 0.5) is 0 Å². The zero-order chi connectivity index (χ0) is 16.4. The van der Waals surface area contributed by atoms with Gasteiger partial charge in [-0.2, -0.15) is 0 Å². The summed E-state index contributed by atoms with van der Waals surface area (Å²) in [6, 6.07) is 5.31. The minimum absolute atomic E-state index is 0.457. The number of halogens is 1. The molecule has 0 aliphatic rings. The van der Waals surface area contributed by atoms with Gasteiger partial charge < -0.3 is 4.52 Å². The van der Waals surface area contributed by atoms with Crippen LogP contribution >= 0.6 is 19.2 Å². The Morgan fingerprint density at radius 2 is 1.82 bits per heavy atom. The topological polar surface area (TPSA) is 35.5 Å². The summed E-state index contributed by atoms with van der Waals surface area (Å²) < 4.78 is 24.3. The molecule has 22 heavy (non-hydrogen) atoms. The van der Waals surface area contributed by atoms with Crippen LogP contribution in [0, 0.1) is 6.92 Å². The van der Waals surface area contributed by atoms with E-state index >= 15 is 0 Å². The second-order valence-corrected chi connectivity index (χ2v) is 8.10. The van der Waals surface area contributed by atoms with Crippen molar-refractivity contribution in [1.82, 2.24) is 0 Å². The van der Waals surface area contributed by atoms with E-state index < -0.39 is 7.60 Å². The molecule has 0 bridgehead atoms. The highest BCUT2D eigenvalue weighted by Gasteiger charge is 2.25. The van der Waals surface area contributed by atoms with Crippen LogP contribution in [0.5, 0.6) is 5.75 Å². The minimum atomic E-state index is -3.08. The predicted molar refractivity (Wildman–Crippen MR) is 94.3 cm³/mol. The molecule has 1 rings (SSSR count). The third-order valence-electron chi connectivity index (χ3n) is 3.45. The Hall–Kier alpha value is -0.500. The largest absolute Gasteiger partial charge is 0.424 e. The van der Waals surface area contributed by atoms with Crippen molar-refractivity contribution < 1.29 is 13.6 Å². The fraction of sp³-hybridized carbons (Fsp3) is 0.647. The van der Waals surface area contributed by atoms with Crippen molar-refractivity contribution in [3.8, 4) is 5.75 Å². The molecule has 0 aliphatic heterocycles. The summed E-state index contributed by atoms with van der Waals surface area (Å²) in [5.74, 6) is 0.565. The molecule has 1 aromatic carbocycles. The molecule has 3 nitrogen and oxygen atoms in total. The van der Waals surface area contributed by atoms with E-state index in [2.05, 4.69) is 13.8 Å². The zero-order valence-corrected chi connectivity index (χ0v) is 15.6. The van der Waals surface area contributed by atoms with Crippen molar-refractivity contribution in [1.29, 1.82) is 0 Å². The van der Waals surface area contributed by atoms with E-state index in [1.807, 2.05) is 6.92 Å². The number of rotatable bonds is 11. The molecule has 5 heteroatoms. The number of unbranched alkanes of at least 4 members (excludes halogenated alkanes) is 4. The molecular formula is C17H28ClO3P. The van der Waals surface area contributed by atoms with E-state index in [-0.39, 0.29) is 0 Å². The summed E-state index contributed by atoms with van der Waals surface area (Å²) >= 11 is 6.01. The van der Waals surface area contributed by atoms with Crippen LogP contribution in [0.25, 0.3) is 0 Å². The Labute approximate surface area is 139 Å². The molecule has 0 heterocycles. The maximum atomic E-state index is 12.9. The summed E-state index contributed by atoms with van der Waals surface area (Å²) in [5.41, 5.74) is 0.907. The first-order valence-corrected chi connectivity index (χ1v) is 10.3. The van der Waals surface area contributed by atoms with Gasteiger partial charge in [-0.15, -0.1) is 0 Å². The second-order valence-electron chi connectivity index (χ2n) is 5.58. The van der Waals surface area contributed by atoms with Crippen LogP contribution in [0.2, 0.25) is 5.02 Å². The molecule has 0 aromatic heterocycles. The van der Waals surface area contributed by atoms with Gasteiger partial charge in [0.15, 0.2) is 0 Å². The van der Waals surface area contributed by atoms with Crippen molar-refractivity contribution >= 4 is 19.2 Å². The number of hydrogen-bond acceptors (Lipinski definition) is 3. The highest BCUT2D eigenvalue weighted by atomic mass is 35.5. The number of aryl methyl sites for hydroxylation is 1. The summed E-state index contributed by atoms with van der Waals surface area (Å²) in [5, 5.41) is 0.677. The molecule has 0 N–H and O–H groups in total. The monoisotopic (exact) mass is 346 g/mol. The molecule has 1 aromatic rings. The van der Waals surface area contributed by atoms with E-state index in [0.717, 1.165) is 31.2 Å². The van der Waals surface area contributed by atoms with Crippen molar-refractivity contribution in [2.75, 3.05) is 12.8 Å². The predicted octanol–water partition coefficient (Wildman–Crippen LogP) is 6.62. The Balaban J connectivity index is 2.64. The Morgan fingerprint density at radius 1 is 1.09 bits per heavy atom. The molecule has 0 saturated heterocycles. The van der Waals surface area contributed by atoms with Gasteiger partial charge in [-0.3, -0.25) is 4.52 Å². The molecule has 0 spiro atoms. The lowest BCUT2D eigenvalue weighted by Crippen LogP contribution is -2.04. The van der Waals surface area contributed by atoms with Gasteiger partial charge in [-0.25, -0.2) is 4.57 Å². The molecular weight excluding hydrogens is 319 g/mol. The van der Waals surface area contributed by atoms with E-state index in [1.165, 1.54) is 12.8 Å². The van der Waals surface area contributed by atoms with Gasteiger partial charge in [0.2, 0.25) is 0 Å². The van der Waals surface area contributed by atoms with Gasteiger partial charge in [0, 0.05) is 5.02 Å². The third-order valence-corrected chi connectivity index (χ3v) is 5.80. The Kier molecular flexibility index (Phi) is 9.16. The quantitative estimate of drug-likeness (QED) is 0.333. The third kappa shape index (κ3) is 7.17. The summed E-state index contributed by atoms with van der Waals surface area (Å²) in [7, 11) is -3.08. The zero-order valence-electron chi connectivity index (χ0n) is 13.9. The summed E-state index contributed by atoms with van der Waals surface area (Å²) in [6.07, 6.45) is 6.63. The van der Waals surface area contributed by atoms with Crippen molar-refractivity contribution in [3.05, 3.63) is 28.8 Å². The fourth-order valence-electron chi connectivity index (χ4n) is 2.06. The lowest BCUT2D eigenvalue weighted by atomic mass is 10.2. The number of hydrogen-bond donors (Lipinski definition) is 0. The lowest BCUT2D eigenvalue weighted by Gasteiger charge is -2.19. The van der Waals surface area contributed by atoms with Gasteiger partial charge >= 0.3 is 7.60 Å². The molecule has 0 radical (unpaired) electrons. The van der Waals surface area contributed by atoms with Crippen LogP contribution in [0.3, 0.4) is 0 Å². The maximum absolute atomic E-state index is 12.9. The standard InChI is InChI=1S/C17H28ClO3P/c1-4-6-8-9-12-20-22(19,13-7-5-2)21-16-10-11-17(18)15(3)14-16/h10-11,14H,4-9,12-13H2,1-3H3. The van der Waals surface area contributed by atoms with Gasteiger partial charge in [-0.1, -0.05) is 51.1 Å². The first-order valence-electron chi connectivity index (χ1n) is 8.20. The van der Waals surface area contributed by atoms with Gasteiger partial charge in [0.05, 0.1) is 12.8 Å². The van der Waals surface area contributed by atoms with Gasteiger partial charge in [-0.05, 0) is 43.5 Å². The van der Waals surface area contributed by atoms with Crippen molar-refractivity contribution in [2.45, 2.75) is 59.3 Å². The first kappa shape index (κ1) is 19.5. The van der Waals surface area contributed by atoms with Crippen molar-refractivity contribution in [2.24, 2.45) is 0 Å². The van der Waals surface area contributed by atoms with Crippen LogP contribution in [0.15, 0.2) is 18.2 Å². The highest BCUT2D eigenvalue weighted by molar-refractivity contribution is 7.54. The van der Waals surface area contributed by atoms with Gasteiger partial charge in [0.25, 0.3) is 0 Å². The average molecular weight is 347 g/mol. The van der Waals surface area contributed by atoms with E-state index in [1.54, 1.807) is 18.2 Å². The highest BCUT2D eigenvalue weighted by Crippen LogP contribution is 2.49. The lowest BCUT2D eigenvalue weighted by molar-refractivity contribution is 0.257. The summed E-state index contributed by atoms with van der Waals surface area (Å²) in [4.78, 5) is 0. The average Bonchev–Trinajstić information content (AvgIpc) is 2.49. The van der Waals surface area contributed by atoms with E-state index in [4.69, 9.17) is 20.6 Å². The Morgan fingerprint density at radius 3 is 2.45 bits per heavy atom. The molecule has 0 fully saturated rings. The Bertz CT molecular complexity index is 491. The van der Waals surface area contributed by atoms with Gasteiger partial charge in [0.1, 0.15) is 5.75 Å². The molecule has 0 aliphatic carbocycles. The maximum Gasteiger partial charge on any atom is 0.379 e. The molecule has 0 saturated carbocycles. The minimum Gasteiger partial charge on any atom is -0.424 e. The van der Waals surface area contributed by atoms with Crippen LogP contribution in [-0.2, 0) is 9.09 Å². The normalized spacial score (nSPS) is 13.8. The molecule has 0 amide bonds. The first-order chi connectivity index (χ1) is 10.5. The summed E-state index contributed by atoms with van der Waals surface area (Å²) in [6.45, 7) is 6.63. The smallest absolute Gasteiger partial charge is 0.379 e. The molecule has 1 unspecified atom stereocenters. The number of benzene rings is 1. The SMILES string of the molecule is CCCCCCOP(=O)(CCCC)Oc1ccc(Cl)c(C)c1. The van der Waals surface area contributed by atoms with Crippen LogP contribution in [-0.4, -0.2) is 12.8 Å². The van der Waals surface area contributed by atoms with E-state index in [9.17, 15) is 4.57 Å².